The molecule has 1 amide bonds. The Kier molecular flexibility index (Phi) is 5.00. The lowest BCUT2D eigenvalue weighted by molar-refractivity contribution is -0.137. The molecule has 1 aliphatic rings. The Hall–Kier alpha value is -2.93. The number of rotatable bonds is 4. The van der Waals surface area contributed by atoms with Crippen LogP contribution < -0.4 is 4.74 Å². The summed E-state index contributed by atoms with van der Waals surface area (Å²) in [6.07, 6.45) is 0. The number of morpholine rings is 1. The molecule has 0 N–H and O–H groups in total. The molecule has 0 bridgehead atoms. The number of nitrogens with zero attached hydrogens (tertiary/aromatic N) is 4. The first kappa shape index (κ1) is 18.4. The van der Waals surface area contributed by atoms with Crippen LogP contribution in [0.3, 0.4) is 0 Å². The molecule has 0 atom stereocenters. The van der Waals surface area contributed by atoms with Crippen LogP contribution in [0.1, 0.15) is 16.8 Å². The van der Waals surface area contributed by atoms with Crippen molar-refractivity contribution in [3.63, 3.8) is 0 Å². The molecule has 0 radical (unpaired) electrons. The number of amides is 1. The molecule has 28 heavy (non-hydrogen) atoms. The van der Waals surface area contributed by atoms with Gasteiger partial charge in [0.2, 0.25) is 5.88 Å². The van der Waals surface area contributed by atoms with Crippen molar-refractivity contribution in [2.45, 2.75) is 20.8 Å². The summed E-state index contributed by atoms with van der Waals surface area (Å²) in [5, 5.41) is 5.68. The van der Waals surface area contributed by atoms with E-state index in [1.807, 2.05) is 48.9 Å². The van der Waals surface area contributed by atoms with Gasteiger partial charge in [0.25, 0.3) is 5.91 Å². The van der Waals surface area contributed by atoms with Crippen molar-refractivity contribution in [3.8, 4) is 11.6 Å². The standard InChI is InChI=1S/C21H24N4O3/c1-14-4-6-17(7-5-14)25-21-20(16(3)23-25)15(2)12-18(22-21)28-13-19(26)24-8-10-27-11-9-24/h4-7,12H,8-11,13H2,1-3H3. The molecule has 0 spiro atoms. The van der Waals surface area contributed by atoms with Crippen LogP contribution in [0.4, 0.5) is 0 Å². The number of hydrogen-bond acceptors (Lipinski definition) is 5. The summed E-state index contributed by atoms with van der Waals surface area (Å²) in [6.45, 7) is 8.36. The van der Waals surface area contributed by atoms with Gasteiger partial charge >= 0.3 is 0 Å². The second kappa shape index (κ2) is 7.59. The van der Waals surface area contributed by atoms with E-state index >= 15 is 0 Å². The van der Waals surface area contributed by atoms with Crippen molar-refractivity contribution < 1.29 is 14.3 Å². The quantitative estimate of drug-likeness (QED) is 0.696. The Labute approximate surface area is 163 Å². The number of aromatic nitrogens is 3. The molecule has 1 fully saturated rings. The van der Waals surface area contributed by atoms with E-state index in [2.05, 4.69) is 17.0 Å². The molecular weight excluding hydrogens is 356 g/mol. The van der Waals surface area contributed by atoms with Crippen LogP contribution in [0.15, 0.2) is 30.3 Å². The third kappa shape index (κ3) is 3.57. The maximum atomic E-state index is 12.3. The smallest absolute Gasteiger partial charge is 0.260 e. The van der Waals surface area contributed by atoms with Gasteiger partial charge in [-0.2, -0.15) is 10.1 Å². The molecule has 2 aromatic heterocycles. The molecular formula is C21H24N4O3. The molecule has 1 aliphatic heterocycles. The summed E-state index contributed by atoms with van der Waals surface area (Å²) in [7, 11) is 0. The van der Waals surface area contributed by atoms with Crippen LogP contribution >= 0.6 is 0 Å². The van der Waals surface area contributed by atoms with E-state index in [1.165, 1.54) is 5.56 Å². The molecule has 4 rings (SSSR count). The van der Waals surface area contributed by atoms with E-state index in [9.17, 15) is 4.79 Å². The number of pyridine rings is 1. The maximum absolute atomic E-state index is 12.3. The van der Waals surface area contributed by atoms with Crippen LogP contribution in [0.5, 0.6) is 5.88 Å². The predicted molar refractivity (Wildman–Crippen MR) is 106 cm³/mol. The first-order chi connectivity index (χ1) is 13.5. The van der Waals surface area contributed by atoms with E-state index in [0.29, 0.717) is 32.2 Å². The van der Waals surface area contributed by atoms with Crippen LogP contribution in [-0.4, -0.2) is 58.5 Å². The zero-order chi connectivity index (χ0) is 19.7. The predicted octanol–water partition coefficient (Wildman–Crippen LogP) is 2.58. The SMILES string of the molecule is Cc1ccc(-n2nc(C)c3c(C)cc(OCC(=O)N4CCOCC4)nc32)cc1. The summed E-state index contributed by atoms with van der Waals surface area (Å²) < 4.78 is 12.9. The van der Waals surface area contributed by atoms with Gasteiger partial charge in [0.1, 0.15) is 0 Å². The third-order valence-corrected chi connectivity index (χ3v) is 4.97. The molecule has 0 saturated carbocycles. The van der Waals surface area contributed by atoms with Gasteiger partial charge in [0.05, 0.1) is 24.6 Å². The number of ether oxygens (including phenoxy) is 2. The Morgan fingerprint density at radius 2 is 1.86 bits per heavy atom. The minimum absolute atomic E-state index is 0.0321. The van der Waals surface area contributed by atoms with Gasteiger partial charge in [0, 0.05) is 24.5 Å². The molecule has 1 aromatic carbocycles. The first-order valence-corrected chi connectivity index (χ1v) is 9.45. The molecule has 3 aromatic rings. The monoisotopic (exact) mass is 380 g/mol. The Morgan fingerprint density at radius 3 is 2.57 bits per heavy atom. The van der Waals surface area contributed by atoms with Gasteiger partial charge in [-0.3, -0.25) is 4.79 Å². The van der Waals surface area contributed by atoms with Crippen molar-refractivity contribution in [2.24, 2.45) is 0 Å². The molecule has 7 nitrogen and oxygen atoms in total. The molecule has 0 unspecified atom stereocenters. The summed E-state index contributed by atoms with van der Waals surface area (Å²) in [5.74, 6) is 0.381. The van der Waals surface area contributed by atoms with Crippen molar-refractivity contribution in [3.05, 3.63) is 47.2 Å². The average molecular weight is 380 g/mol. The summed E-state index contributed by atoms with van der Waals surface area (Å²) in [4.78, 5) is 18.8. The molecule has 7 heteroatoms. The van der Waals surface area contributed by atoms with Crippen LogP contribution in [0.25, 0.3) is 16.7 Å². The third-order valence-electron chi connectivity index (χ3n) is 4.97. The summed E-state index contributed by atoms with van der Waals surface area (Å²) >= 11 is 0. The number of carbonyl (C=O) groups is 1. The van der Waals surface area contributed by atoms with Crippen LogP contribution in [-0.2, 0) is 9.53 Å². The van der Waals surface area contributed by atoms with E-state index in [1.54, 1.807) is 4.90 Å². The van der Waals surface area contributed by atoms with Gasteiger partial charge in [-0.05, 0) is 38.5 Å². The maximum Gasteiger partial charge on any atom is 0.260 e. The number of fused-ring (bicyclic) bond motifs is 1. The highest BCUT2D eigenvalue weighted by molar-refractivity contribution is 5.84. The lowest BCUT2D eigenvalue weighted by Crippen LogP contribution is -2.43. The highest BCUT2D eigenvalue weighted by atomic mass is 16.5. The zero-order valence-electron chi connectivity index (χ0n) is 16.4. The Bertz CT molecular complexity index is 1000. The van der Waals surface area contributed by atoms with Gasteiger partial charge in [-0.15, -0.1) is 0 Å². The minimum Gasteiger partial charge on any atom is -0.467 e. The first-order valence-electron chi connectivity index (χ1n) is 9.45. The lowest BCUT2D eigenvalue weighted by Gasteiger charge is -2.26. The van der Waals surface area contributed by atoms with E-state index in [0.717, 1.165) is 28.0 Å². The Balaban J connectivity index is 1.62. The van der Waals surface area contributed by atoms with Crippen molar-refractivity contribution in [1.29, 1.82) is 0 Å². The molecule has 1 saturated heterocycles. The van der Waals surface area contributed by atoms with Crippen molar-refractivity contribution >= 4 is 16.9 Å². The summed E-state index contributed by atoms with van der Waals surface area (Å²) in [6, 6.07) is 10.0. The van der Waals surface area contributed by atoms with Crippen LogP contribution in [0.2, 0.25) is 0 Å². The molecule has 3 heterocycles. The van der Waals surface area contributed by atoms with Crippen LogP contribution in [0, 0.1) is 20.8 Å². The van der Waals surface area contributed by atoms with Gasteiger partial charge in [-0.25, -0.2) is 4.68 Å². The average Bonchev–Trinajstić information content (AvgIpc) is 3.04. The number of carbonyl (C=O) groups excluding carboxylic acids is 1. The zero-order valence-corrected chi connectivity index (χ0v) is 16.4. The highest BCUT2D eigenvalue weighted by Gasteiger charge is 2.19. The second-order valence-corrected chi connectivity index (χ2v) is 7.09. The summed E-state index contributed by atoms with van der Waals surface area (Å²) in [5.41, 5.74) is 4.80. The van der Waals surface area contributed by atoms with Gasteiger partial charge < -0.3 is 14.4 Å². The Morgan fingerprint density at radius 1 is 1.14 bits per heavy atom. The van der Waals surface area contributed by atoms with Gasteiger partial charge in [-0.1, -0.05) is 17.7 Å². The molecule has 146 valence electrons. The number of aryl methyl sites for hydroxylation is 3. The van der Waals surface area contributed by atoms with E-state index in [4.69, 9.17) is 9.47 Å². The number of benzene rings is 1. The minimum atomic E-state index is -0.0499. The topological polar surface area (TPSA) is 69.5 Å². The second-order valence-electron chi connectivity index (χ2n) is 7.09. The fourth-order valence-electron chi connectivity index (χ4n) is 3.45. The molecule has 0 aliphatic carbocycles. The van der Waals surface area contributed by atoms with E-state index < -0.39 is 0 Å². The fourth-order valence-corrected chi connectivity index (χ4v) is 3.45. The highest BCUT2D eigenvalue weighted by Crippen LogP contribution is 2.26. The largest absolute Gasteiger partial charge is 0.467 e. The number of hydrogen-bond donors (Lipinski definition) is 0. The fraction of sp³-hybridized carbons (Fsp3) is 0.381. The normalized spacial score (nSPS) is 14.5. The van der Waals surface area contributed by atoms with Crippen molar-refractivity contribution in [2.75, 3.05) is 32.9 Å². The van der Waals surface area contributed by atoms with Crippen molar-refractivity contribution in [1.82, 2.24) is 19.7 Å². The lowest BCUT2D eigenvalue weighted by atomic mass is 10.1. The van der Waals surface area contributed by atoms with Gasteiger partial charge in [0.15, 0.2) is 12.3 Å². The van der Waals surface area contributed by atoms with E-state index in [-0.39, 0.29) is 12.5 Å².